The molecule has 31 heavy (non-hydrogen) atoms. The molecule has 1 atom stereocenters. The predicted octanol–water partition coefficient (Wildman–Crippen LogP) is 5.93. The Morgan fingerprint density at radius 2 is 2.00 bits per heavy atom. The van der Waals surface area contributed by atoms with Crippen LogP contribution in [0.3, 0.4) is 0 Å². The number of benzene rings is 1. The highest BCUT2D eigenvalue weighted by molar-refractivity contribution is 6.36. The Balaban J connectivity index is 1.72. The van der Waals surface area contributed by atoms with Crippen molar-refractivity contribution in [2.45, 2.75) is 57.5 Å². The van der Waals surface area contributed by atoms with Gasteiger partial charge in [-0.25, -0.2) is 4.98 Å². The van der Waals surface area contributed by atoms with Crippen molar-refractivity contribution in [1.29, 1.82) is 0 Å². The second kappa shape index (κ2) is 9.09. The van der Waals surface area contributed by atoms with Crippen molar-refractivity contribution in [3.8, 4) is 0 Å². The third kappa shape index (κ3) is 4.62. The van der Waals surface area contributed by atoms with Gasteiger partial charge in [-0.3, -0.25) is 9.69 Å². The number of hydrogen-bond acceptors (Lipinski definition) is 3. The fourth-order valence-electron chi connectivity index (χ4n) is 5.50. The number of fused-ring (bicyclic) bond motifs is 3. The molecule has 1 unspecified atom stereocenters. The van der Waals surface area contributed by atoms with Gasteiger partial charge in [0.25, 0.3) is 5.91 Å². The van der Waals surface area contributed by atoms with Crippen molar-refractivity contribution < 1.29 is 4.79 Å². The lowest BCUT2D eigenvalue weighted by molar-refractivity contribution is -0.0404. The van der Waals surface area contributed by atoms with Crippen molar-refractivity contribution in [2.75, 3.05) is 13.6 Å². The third-order valence-electron chi connectivity index (χ3n) is 7.03. The SMILES string of the molecule is CC(C)Cc1cccc(C(NC(=O)c2ncc(Cl)cc2Cl)C23CCC(CC2)CN3C)c1. The molecule has 1 amide bonds. The topological polar surface area (TPSA) is 45.2 Å². The van der Waals surface area contributed by atoms with Crippen LogP contribution in [0, 0.1) is 11.8 Å². The molecule has 2 saturated heterocycles. The molecule has 6 heteroatoms. The number of nitrogens with zero attached hydrogens (tertiary/aromatic N) is 2. The molecule has 2 bridgehead atoms. The molecule has 1 N–H and O–H groups in total. The van der Waals surface area contributed by atoms with Crippen LogP contribution in [0.2, 0.25) is 10.0 Å². The smallest absolute Gasteiger partial charge is 0.271 e. The van der Waals surface area contributed by atoms with Gasteiger partial charge in [0.1, 0.15) is 5.69 Å². The summed E-state index contributed by atoms with van der Waals surface area (Å²) in [5.74, 6) is 1.09. The molecule has 4 nitrogen and oxygen atoms in total. The minimum Gasteiger partial charge on any atom is -0.342 e. The first-order chi connectivity index (χ1) is 14.8. The monoisotopic (exact) mass is 459 g/mol. The Kier molecular flexibility index (Phi) is 6.62. The molecular weight excluding hydrogens is 429 g/mol. The van der Waals surface area contributed by atoms with Crippen LogP contribution in [0.1, 0.15) is 67.2 Å². The van der Waals surface area contributed by atoms with E-state index >= 15 is 0 Å². The van der Waals surface area contributed by atoms with Gasteiger partial charge in [0, 0.05) is 18.3 Å². The molecule has 2 aromatic rings. The molecule has 5 rings (SSSR count). The maximum absolute atomic E-state index is 13.3. The number of halogens is 2. The van der Waals surface area contributed by atoms with E-state index in [9.17, 15) is 4.79 Å². The predicted molar refractivity (Wildman–Crippen MR) is 127 cm³/mol. The van der Waals surface area contributed by atoms with E-state index in [0.717, 1.165) is 37.3 Å². The number of piperidine rings is 2. The van der Waals surface area contributed by atoms with Gasteiger partial charge in [-0.1, -0.05) is 61.3 Å². The minimum absolute atomic E-state index is 0.0975. The first kappa shape index (κ1) is 22.6. The lowest BCUT2D eigenvalue weighted by Crippen LogP contribution is -2.62. The maximum Gasteiger partial charge on any atom is 0.271 e. The molecular formula is C25H31Cl2N3O. The third-order valence-corrected chi connectivity index (χ3v) is 7.52. The van der Waals surface area contributed by atoms with Crippen LogP contribution in [-0.2, 0) is 6.42 Å². The number of hydrogen-bond donors (Lipinski definition) is 1. The Bertz CT molecular complexity index is 954. The number of nitrogens with one attached hydrogen (secondary N) is 1. The van der Waals surface area contributed by atoms with E-state index in [-0.39, 0.29) is 28.2 Å². The summed E-state index contributed by atoms with van der Waals surface area (Å²) in [6.45, 7) is 5.54. The summed E-state index contributed by atoms with van der Waals surface area (Å²) < 4.78 is 0. The number of carbonyl (C=O) groups is 1. The zero-order valence-corrected chi connectivity index (χ0v) is 20.0. The minimum atomic E-state index is -0.253. The van der Waals surface area contributed by atoms with Gasteiger partial charge in [-0.05, 0) is 68.2 Å². The normalized spacial score (nSPS) is 24.4. The second-order valence-corrected chi connectivity index (χ2v) is 10.5. The average molecular weight is 460 g/mol. The molecule has 3 heterocycles. The summed E-state index contributed by atoms with van der Waals surface area (Å²) in [4.78, 5) is 20.0. The molecule has 1 saturated carbocycles. The highest BCUT2D eigenvalue weighted by Gasteiger charge is 2.50. The van der Waals surface area contributed by atoms with Gasteiger partial charge in [0.15, 0.2) is 0 Å². The van der Waals surface area contributed by atoms with Gasteiger partial charge in [-0.15, -0.1) is 0 Å². The quantitative estimate of drug-likeness (QED) is 0.581. The lowest BCUT2D eigenvalue weighted by atomic mass is 9.65. The van der Waals surface area contributed by atoms with Crippen molar-refractivity contribution in [1.82, 2.24) is 15.2 Å². The van der Waals surface area contributed by atoms with E-state index in [1.54, 1.807) is 6.07 Å². The van der Waals surface area contributed by atoms with Gasteiger partial charge >= 0.3 is 0 Å². The van der Waals surface area contributed by atoms with Crippen LogP contribution >= 0.6 is 23.2 Å². The van der Waals surface area contributed by atoms with Crippen molar-refractivity contribution in [3.05, 3.63) is 63.4 Å². The Morgan fingerprint density at radius 1 is 1.26 bits per heavy atom. The van der Waals surface area contributed by atoms with Crippen LogP contribution in [0.4, 0.5) is 0 Å². The van der Waals surface area contributed by atoms with Crippen molar-refractivity contribution >= 4 is 29.1 Å². The van der Waals surface area contributed by atoms with Gasteiger partial charge in [0.2, 0.25) is 0 Å². The van der Waals surface area contributed by atoms with Gasteiger partial charge in [-0.2, -0.15) is 0 Å². The molecule has 1 aromatic carbocycles. The first-order valence-electron chi connectivity index (χ1n) is 11.2. The summed E-state index contributed by atoms with van der Waals surface area (Å²) >= 11 is 12.3. The molecule has 3 aliphatic rings. The Morgan fingerprint density at radius 3 is 2.65 bits per heavy atom. The fraction of sp³-hybridized carbons (Fsp3) is 0.520. The molecule has 1 aliphatic carbocycles. The van der Waals surface area contributed by atoms with E-state index in [2.05, 4.69) is 60.4 Å². The highest BCUT2D eigenvalue weighted by Crippen LogP contribution is 2.49. The maximum atomic E-state index is 13.3. The van der Waals surface area contributed by atoms with E-state index in [1.807, 2.05) is 0 Å². The second-order valence-electron chi connectivity index (χ2n) is 9.66. The number of rotatable bonds is 6. The van der Waals surface area contributed by atoms with Crippen molar-refractivity contribution in [3.63, 3.8) is 0 Å². The molecule has 1 aromatic heterocycles. The number of likely N-dealkylation sites (N-methyl/N-ethyl adjacent to an activating group) is 1. The zero-order valence-electron chi connectivity index (χ0n) is 18.5. The zero-order chi connectivity index (χ0) is 22.2. The van der Waals surface area contributed by atoms with Gasteiger partial charge < -0.3 is 5.32 Å². The van der Waals surface area contributed by atoms with E-state index in [4.69, 9.17) is 23.2 Å². The molecule has 2 aliphatic heterocycles. The summed E-state index contributed by atoms with van der Waals surface area (Å²) in [7, 11) is 2.20. The van der Waals surface area contributed by atoms with E-state index in [0.29, 0.717) is 10.9 Å². The number of amides is 1. The number of carbonyl (C=O) groups excluding carboxylic acids is 1. The van der Waals surface area contributed by atoms with Crippen LogP contribution in [0.15, 0.2) is 36.5 Å². The molecule has 166 valence electrons. The summed E-state index contributed by atoms with van der Waals surface area (Å²) in [5, 5.41) is 4.03. The molecule has 0 spiro atoms. The first-order valence-corrected chi connectivity index (χ1v) is 12.0. The summed E-state index contributed by atoms with van der Waals surface area (Å²) in [6, 6.07) is 10.1. The number of pyridine rings is 1. The summed E-state index contributed by atoms with van der Waals surface area (Å²) in [5.41, 5.74) is 2.58. The van der Waals surface area contributed by atoms with Crippen LogP contribution in [0.25, 0.3) is 0 Å². The fourth-order valence-corrected chi connectivity index (χ4v) is 5.97. The van der Waals surface area contributed by atoms with Gasteiger partial charge in [0.05, 0.1) is 16.1 Å². The number of aromatic nitrogens is 1. The molecule has 0 radical (unpaired) electrons. The van der Waals surface area contributed by atoms with Crippen LogP contribution in [-0.4, -0.2) is 34.9 Å². The highest BCUT2D eigenvalue weighted by atomic mass is 35.5. The van der Waals surface area contributed by atoms with Crippen LogP contribution < -0.4 is 5.32 Å². The van der Waals surface area contributed by atoms with Crippen LogP contribution in [0.5, 0.6) is 0 Å². The lowest BCUT2D eigenvalue weighted by Gasteiger charge is -2.57. The van der Waals surface area contributed by atoms with Crippen molar-refractivity contribution in [2.24, 2.45) is 11.8 Å². The largest absolute Gasteiger partial charge is 0.342 e. The Hall–Kier alpha value is -1.62. The summed E-state index contributed by atoms with van der Waals surface area (Å²) in [6.07, 6.45) is 7.07. The van der Waals surface area contributed by atoms with E-state index < -0.39 is 0 Å². The standard InChI is InChI=1S/C25H31Cl2N3O/c1-16(2)11-18-5-4-6-19(12-18)23(25-9-7-17(8-10-25)15-30(25)3)29-24(31)22-21(27)13-20(26)14-28-22/h4-6,12-14,16-17,23H,7-11,15H2,1-3H3,(H,29,31). The average Bonchev–Trinajstić information content (AvgIpc) is 2.72. The molecule has 3 fully saturated rings. The Labute approximate surface area is 195 Å². The van der Waals surface area contributed by atoms with E-state index in [1.165, 1.54) is 24.6 Å².